The molecule has 1 aliphatic heterocycles. The van der Waals surface area contributed by atoms with Crippen molar-refractivity contribution in [2.45, 2.75) is 19.3 Å². The smallest absolute Gasteiger partial charge is 0.228 e. The molecule has 0 unspecified atom stereocenters. The predicted molar refractivity (Wildman–Crippen MR) is 93.3 cm³/mol. The quantitative estimate of drug-likeness (QED) is 0.908. The molecule has 1 aliphatic rings. The second-order valence-corrected chi connectivity index (χ2v) is 5.89. The zero-order valence-corrected chi connectivity index (χ0v) is 13.9. The van der Waals surface area contributed by atoms with Crippen LogP contribution in [0.25, 0.3) is 0 Å². The number of hydrogen-bond donors (Lipinski definition) is 1. The molecule has 0 atom stereocenters. The Morgan fingerprint density at radius 2 is 2.00 bits per heavy atom. The van der Waals surface area contributed by atoms with Crippen LogP contribution in [0.3, 0.4) is 0 Å². The summed E-state index contributed by atoms with van der Waals surface area (Å²) in [5.74, 6) is 0.0922. The fourth-order valence-corrected chi connectivity index (χ4v) is 2.87. The maximum atomic E-state index is 12.9. The van der Waals surface area contributed by atoms with Crippen molar-refractivity contribution in [1.82, 2.24) is 0 Å². The summed E-state index contributed by atoms with van der Waals surface area (Å²) in [6, 6.07) is 11.0. The molecule has 0 radical (unpaired) electrons. The van der Waals surface area contributed by atoms with E-state index >= 15 is 0 Å². The van der Waals surface area contributed by atoms with E-state index in [0.717, 1.165) is 12.0 Å². The van der Waals surface area contributed by atoms with Gasteiger partial charge in [-0.15, -0.1) is 0 Å². The zero-order chi connectivity index (χ0) is 17.8. The van der Waals surface area contributed by atoms with E-state index in [0.29, 0.717) is 30.1 Å². The average molecular weight is 342 g/mol. The molecule has 5 nitrogen and oxygen atoms in total. The largest absolute Gasteiger partial charge is 0.495 e. The number of methoxy groups -OCH3 is 1. The normalized spacial score (nSPS) is 13.8. The van der Waals surface area contributed by atoms with E-state index < -0.39 is 0 Å². The van der Waals surface area contributed by atoms with Crippen LogP contribution in [0.15, 0.2) is 42.5 Å². The van der Waals surface area contributed by atoms with Gasteiger partial charge in [-0.25, -0.2) is 4.39 Å². The Kier molecular flexibility index (Phi) is 4.97. The molecule has 2 aromatic carbocycles. The third-order valence-corrected chi connectivity index (χ3v) is 4.10. The lowest BCUT2D eigenvalue weighted by atomic mass is 10.1. The van der Waals surface area contributed by atoms with Gasteiger partial charge in [-0.3, -0.25) is 9.59 Å². The minimum Gasteiger partial charge on any atom is -0.495 e. The van der Waals surface area contributed by atoms with Gasteiger partial charge >= 0.3 is 0 Å². The SMILES string of the molecule is COc1ccc(NC(=O)Cc2ccc(F)cc2)cc1N1CCCC1=O. The molecule has 1 fully saturated rings. The average Bonchev–Trinajstić information content (AvgIpc) is 3.02. The predicted octanol–water partition coefficient (Wildman–Crippen LogP) is 3.14. The monoisotopic (exact) mass is 342 g/mol. The van der Waals surface area contributed by atoms with E-state index in [1.807, 2.05) is 0 Å². The first-order valence-electron chi connectivity index (χ1n) is 8.09. The van der Waals surface area contributed by atoms with Crippen LogP contribution in [-0.2, 0) is 16.0 Å². The lowest BCUT2D eigenvalue weighted by Gasteiger charge is -2.20. The highest BCUT2D eigenvalue weighted by Gasteiger charge is 2.24. The molecule has 0 aliphatic carbocycles. The molecule has 0 saturated carbocycles. The van der Waals surface area contributed by atoms with Crippen molar-refractivity contribution in [2.75, 3.05) is 23.9 Å². The van der Waals surface area contributed by atoms with Crippen LogP contribution < -0.4 is 15.0 Å². The van der Waals surface area contributed by atoms with Crippen LogP contribution in [0.4, 0.5) is 15.8 Å². The van der Waals surface area contributed by atoms with Crippen molar-refractivity contribution in [3.63, 3.8) is 0 Å². The van der Waals surface area contributed by atoms with E-state index in [4.69, 9.17) is 4.74 Å². The van der Waals surface area contributed by atoms with Crippen molar-refractivity contribution in [2.24, 2.45) is 0 Å². The van der Waals surface area contributed by atoms with Crippen molar-refractivity contribution in [3.8, 4) is 5.75 Å². The number of rotatable bonds is 5. The summed E-state index contributed by atoms with van der Waals surface area (Å²) in [5.41, 5.74) is 1.97. The number of carbonyl (C=O) groups excluding carboxylic acids is 2. The van der Waals surface area contributed by atoms with Gasteiger partial charge in [0.15, 0.2) is 0 Å². The van der Waals surface area contributed by atoms with E-state index in [1.54, 1.807) is 42.3 Å². The second-order valence-electron chi connectivity index (χ2n) is 5.89. The van der Waals surface area contributed by atoms with Crippen molar-refractivity contribution in [1.29, 1.82) is 0 Å². The Hall–Kier alpha value is -2.89. The standard InChI is InChI=1S/C19H19FN2O3/c1-25-17-9-8-15(12-16(17)22-10-2-3-19(22)24)21-18(23)11-13-4-6-14(20)7-5-13/h4-9,12H,2-3,10-11H2,1H3,(H,21,23). The van der Waals surface area contributed by atoms with Crippen LogP contribution in [-0.4, -0.2) is 25.5 Å². The fraction of sp³-hybridized carbons (Fsp3) is 0.263. The van der Waals surface area contributed by atoms with Gasteiger partial charge in [-0.2, -0.15) is 0 Å². The molecule has 1 heterocycles. The van der Waals surface area contributed by atoms with Crippen LogP contribution >= 0.6 is 0 Å². The van der Waals surface area contributed by atoms with Crippen molar-refractivity contribution < 1.29 is 18.7 Å². The van der Waals surface area contributed by atoms with Crippen LogP contribution in [0.5, 0.6) is 5.75 Å². The van der Waals surface area contributed by atoms with Crippen LogP contribution in [0.2, 0.25) is 0 Å². The first kappa shape index (κ1) is 17.0. The summed E-state index contributed by atoms with van der Waals surface area (Å²) >= 11 is 0. The summed E-state index contributed by atoms with van der Waals surface area (Å²) in [6.07, 6.45) is 1.47. The van der Waals surface area contributed by atoms with Gasteiger partial charge in [0.2, 0.25) is 11.8 Å². The third kappa shape index (κ3) is 3.96. The van der Waals surface area contributed by atoms with E-state index in [1.165, 1.54) is 12.1 Å². The Morgan fingerprint density at radius 1 is 1.24 bits per heavy atom. The first-order valence-corrected chi connectivity index (χ1v) is 8.09. The minimum absolute atomic E-state index is 0.0492. The molecule has 3 rings (SSSR count). The van der Waals surface area contributed by atoms with Gasteiger partial charge in [-0.05, 0) is 42.3 Å². The Bertz CT molecular complexity index is 790. The summed E-state index contributed by atoms with van der Waals surface area (Å²) in [4.78, 5) is 25.9. The van der Waals surface area contributed by atoms with E-state index in [2.05, 4.69) is 5.32 Å². The van der Waals surface area contributed by atoms with Crippen molar-refractivity contribution in [3.05, 3.63) is 53.8 Å². The first-order chi connectivity index (χ1) is 12.1. The lowest BCUT2D eigenvalue weighted by Crippen LogP contribution is -2.24. The van der Waals surface area contributed by atoms with Gasteiger partial charge in [0.05, 0.1) is 19.2 Å². The molecule has 0 bridgehead atoms. The van der Waals surface area contributed by atoms with E-state index in [-0.39, 0.29) is 24.1 Å². The van der Waals surface area contributed by atoms with Crippen LogP contribution in [0.1, 0.15) is 18.4 Å². The van der Waals surface area contributed by atoms with E-state index in [9.17, 15) is 14.0 Å². The molecule has 2 amide bonds. The Morgan fingerprint density at radius 3 is 2.64 bits per heavy atom. The molecule has 6 heteroatoms. The number of halogens is 1. The molecule has 0 spiro atoms. The van der Waals surface area contributed by atoms with Gasteiger partial charge in [0.1, 0.15) is 11.6 Å². The Balaban J connectivity index is 1.74. The number of nitrogens with one attached hydrogen (secondary N) is 1. The van der Waals surface area contributed by atoms with Crippen LogP contribution in [0, 0.1) is 5.82 Å². The number of hydrogen-bond acceptors (Lipinski definition) is 3. The summed E-state index contributed by atoms with van der Waals surface area (Å²) in [6.45, 7) is 0.641. The zero-order valence-electron chi connectivity index (χ0n) is 13.9. The van der Waals surface area contributed by atoms with Gasteiger partial charge in [-0.1, -0.05) is 12.1 Å². The second kappa shape index (κ2) is 7.34. The number of carbonyl (C=O) groups is 2. The summed E-state index contributed by atoms with van der Waals surface area (Å²) < 4.78 is 18.3. The molecule has 0 aromatic heterocycles. The maximum absolute atomic E-state index is 12.9. The molecular weight excluding hydrogens is 323 g/mol. The van der Waals surface area contributed by atoms with Gasteiger partial charge in [0, 0.05) is 18.7 Å². The van der Waals surface area contributed by atoms with Crippen molar-refractivity contribution >= 4 is 23.2 Å². The molecular formula is C19H19FN2O3. The minimum atomic E-state index is -0.334. The number of nitrogens with zero attached hydrogens (tertiary/aromatic N) is 1. The Labute approximate surface area is 145 Å². The maximum Gasteiger partial charge on any atom is 0.228 e. The lowest BCUT2D eigenvalue weighted by molar-refractivity contribution is -0.117. The molecule has 130 valence electrons. The van der Waals surface area contributed by atoms with Gasteiger partial charge in [0.25, 0.3) is 0 Å². The molecule has 1 saturated heterocycles. The topological polar surface area (TPSA) is 58.6 Å². The highest BCUT2D eigenvalue weighted by atomic mass is 19.1. The van der Waals surface area contributed by atoms with Gasteiger partial charge < -0.3 is 15.0 Å². The highest BCUT2D eigenvalue weighted by Crippen LogP contribution is 2.34. The fourth-order valence-electron chi connectivity index (χ4n) is 2.87. The third-order valence-electron chi connectivity index (χ3n) is 4.10. The highest BCUT2D eigenvalue weighted by molar-refractivity contribution is 5.98. The number of ether oxygens (including phenoxy) is 1. The number of anilines is 2. The molecule has 2 aromatic rings. The molecule has 1 N–H and O–H groups in total. The summed E-state index contributed by atoms with van der Waals surface area (Å²) in [5, 5.41) is 2.81. The molecule has 25 heavy (non-hydrogen) atoms. The summed E-state index contributed by atoms with van der Waals surface area (Å²) in [7, 11) is 1.55. The number of amides is 2. The number of benzene rings is 2.